The number of amides is 1. The van der Waals surface area contributed by atoms with Gasteiger partial charge >= 0.3 is 0 Å². The van der Waals surface area contributed by atoms with Gasteiger partial charge in [0, 0.05) is 64.2 Å². The van der Waals surface area contributed by atoms with Gasteiger partial charge in [-0.3, -0.25) is 14.6 Å². The topological polar surface area (TPSA) is 74.5 Å². The summed E-state index contributed by atoms with van der Waals surface area (Å²) in [4.78, 5) is 21.3. The van der Waals surface area contributed by atoms with E-state index in [9.17, 15) is 9.18 Å². The number of hydrogen-bond donors (Lipinski definition) is 1. The van der Waals surface area contributed by atoms with E-state index in [4.69, 9.17) is 4.52 Å². The number of nitrogens with zero attached hydrogens (tertiary/aromatic N) is 4. The van der Waals surface area contributed by atoms with E-state index in [0.29, 0.717) is 43.1 Å². The van der Waals surface area contributed by atoms with E-state index in [1.807, 2.05) is 6.07 Å². The van der Waals surface area contributed by atoms with Crippen LogP contribution in [0.4, 0.5) is 4.39 Å². The van der Waals surface area contributed by atoms with Crippen molar-refractivity contribution in [1.29, 1.82) is 0 Å². The molecule has 2 aromatic carbocycles. The number of nitrogens with one attached hydrogen (secondary N) is 1. The minimum atomic E-state index is -0.307. The largest absolute Gasteiger partial charge is 0.355 e. The first kappa shape index (κ1) is 23.1. The highest BCUT2D eigenvalue weighted by atomic mass is 19.1. The molecule has 1 aromatic heterocycles. The second-order valence-electron chi connectivity index (χ2n) is 8.33. The fourth-order valence-electron chi connectivity index (χ4n) is 3.93. The lowest BCUT2D eigenvalue weighted by molar-refractivity contribution is -0.121. The number of aromatic nitrogens is 2. The van der Waals surface area contributed by atoms with Crippen LogP contribution >= 0.6 is 0 Å². The van der Waals surface area contributed by atoms with E-state index < -0.39 is 0 Å². The van der Waals surface area contributed by atoms with E-state index in [1.54, 1.807) is 12.1 Å². The standard InChI is InChI=1S/C25H30FN5O2/c26-22-11-9-21(10-12-22)25-28-24(33-29-25)8-4-7-23(32)27-13-14-30-15-17-31(18-16-30)19-20-5-2-1-3-6-20/h1-3,5-6,9-12H,4,7-8,13-19H2,(H,27,32). The molecule has 0 spiro atoms. The van der Waals surface area contributed by atoms with Crippen LogP contribution in [0.25, 0.3) is 11.4 Å². The van der Waals surface area contributed by atoms with Gasteiger partial charge in [0.25, 0.3) is 0 Å². The summed E-state index contributed by atoms with van der Waals surface area (Å²) in [5, 5.41) is 6.93. The second kappa shape index (κ2) is 11.7. The predicted octanol–water partition coefficient (Wildman–Crippen LogP) is 3.13. The van der Waals surface area contributed by atoms with E-state index >= 15 is 0 Å². The number of hydrogen-bond acceptors (Lipinski definition) is 6. The normalized spacial score (nSPS) is 14.9. The lowest BCUT2D eigenvalue weighted by Gasteiger charge is -2.34. The maximum atomic E-state index is 13.0. The third-order valence-corrected chi connectivity index (χ3v) is 5.83. The molecule has 0 bridgehead atoms. The summed E-state index contributed by atoms with van der Waals surface area (Å²) in [6, 6.07) is 16.5. The molecule has 0 saturated carbocycles. The van der Waals surface area contributed by atoms with Crippen LogP contribution < -0.4 is 5.32 Å². The highest BCUT2D eigenvalue weighted by Gasteiger charge is 2.17. The van der Waals surface area contributed by atoms with Gasteiger partial charge in [-0.2, -0.15) is 4.98 Å². The van der Waals surface area contributed by atoms with Gasteiger partial charge in [0.2, 0.25) is 17.6 Å². The fraction of sp³-hybridized carbons (Fsp3) is 0.400. The van der Waals surface area contributed by atoms with E-state index in [0.717, 1.165) is 39.3 Å². The maximum Gasteiger partial charge on any atom is 0.226 e. The molecule has 33 heavy (non-hydrogen) atoms. The summed E-state index contributed by atoms with van der Waals surface area (Å²) >= 11 is 0. The summed E-state index contributed by atoms with van der Waals surface area (Å²) in [7, 11) is 0. The molecule has 0 atom stereocenters. The van der Waals surface area contributed by atoms with Gasteiger partial charge in [-0.05, 0) is 36.2 Å². The number of carbonyl (C=O) groups is 1. The van der Waals surface area contributed by atoms with Crippen LogP contribution in [-0.4, -0.2) is 65.1 Å². The zero-order chi connectivity index (χ0) is 22.9. The highest BCUT2D eigenvalue weighted by molar-refractivity contribution is 5.75. The van der Waals surface area contributed by atoms with Crippen LogP contribution in [0.5, 0.6) is 0 Å². The van der Waals surface area contributed by atoms with E-state index in [2.05, 4.69) is 49.5 Å². The number of benzene rings is 2. The van der Waals surface area contributed by atoms with Crippen LogP contribution in [0.1, 0.15) is 24.3 Å². The van der Waals surface area contributed by atoms with Crippen molar-refractivity contribution in [2.24, 2.45) is 0 Å². The molecular weight excluding hydrogens is 421 g/mol. The van der Waals surface area contributed by atoms with Gasteiger partial charge in [0.1, 0.15) is 5.82 Å². The summed E-state index contributed by atoms with van der Waals surface area (Å²) in [6.07, 6.45) is 1.58. The van der Waals surface area contributed by atoms with Crippen molar-refractivity contribution < 1.29 is 13.7 Å². The van der Waals surface area contributed by atoms with Crippen LogP contribution in [0.3, 0.4) is 0 Å². The first-order chi connectivity index (χ1) is 16.2. The van der Waals surface area contributed by atoms with Crippen molar-refractivity contribution in [3.05, 3.63) is 71.9 Å². The molecule has 1 N–H and O–H groups in total. The highest BCUT2D eigenvalue weighted by Crippen LogP contribution is 2.17. The van der Waals surface area contributed by atoms with Gasteiger partial charge in [-0.25, -0.2) is 4.39 Å². The Hall–Kier alpha value is -3.10. The average molecular weight is 452 g/mol. The van der Waals surface area contributed by atoms with Crippen LogP contribution in [0, 0.1) is 5.82 Å². The molecule has 174 valence electrons. The minimum Gasteiger partial charge on any atom is -0.355 e. The molecule has 2 heterocycles. The Morgan fingerprint density at radius 2 is 1.73 bits per heavy atom. The zero-order valence-electron chi connectivity index (χ0n) is 18.8. The first-order valence-corrected chi connectivity index (χ1v) is 11.5. The van der Waals surface area contributed by atoms with E-state index in [-0.39, 0.29) is 11.7 Å². The quantitative estimate of drug-likeness (QED) is 0.511. The Morgan fingerprint density at radius 1 is 1.00 bits per heavy atom. The van der Waals surface area contributed by atoms with Crippen molar-refractivity contribution in [1.82, 2.24) is 25.3 Å². The Labute approximate surface area is 193 Å². The Bertz CT molecular complexity index is 1000. The zero-order valence-corrected chi connectivity index (χ0v) is 18.8. The fourth-order valence-corrected chi connectivity index (χ4v) is 3.93. The molecule has 0 aliphatic carbocycles. The van der Waals surface area contributed by atoms with Gasteiger partial charge in [0.05, 0.1) is 0 Å². The second-order valence-corrected chi connectivity index (χ2v) is 8.33. The number of carbonyl (C=O) groups excluding carboxylic acids is 1. The Balaban J connectivity index is 1.08. The molecular formula is C25H30FN5O2. The molecule has 0 radical (unpaired) electrons. The molecule has 1 amide bonds. The van der Waals surface area contributed by atoms with Crippen LogP contribution in [0.15, 0.2) is 59.1 Å². The maximum absolute atomic E-state index is 13.0. The molecule has 7 nitrogen and oxygen atoms in total. The summed E-state index contributed by atoms with van der Waals surface area (Å²) in [5.41, 5.74) is 2.05. The third-order valence-electron chi connectivity index (χ3n) is 5.83. The summed E-state index contributed by atoms with van der Waals surface area (Å²) < 4.78 is 18.3. The molecule has 1 aliphatic rings. The van der Waals surface area contributed by atoms with Crippen molar-refractivity contribution in [3.63, 3.8) is 0 Å². The molecule has 1 fully saturated rings. The summed E-state index contributed by atoms with van der Waals surface area (Å²) in [6.45, 7) is 6.67. The van der Waals surface area contributed by atoms with Gasteiger partial charge in [-0.1, -0.05) is 35.5 Å². The molecule has 1 aliphatic heterocycles. The Kier molecular flexibility index (Phi) is 8.16. The lowest BCUT2D eigenvalue weighted by atomic mass is 10.2. The smallest absolute Gasteiger partial charge is 0.226 e. The predicted molar refractivity (Wildman–Crippen MR) is 124 cm³/mol. The molecule has 3 aromatic rings. The molecule has 4 rings (SSSR count). The van der Waals surface area contributed by atoms with Gasteiger partial charge in [-0.15, -0.1) is 0 Å². The van der Waals surface area contributed by atoms with Crippen molar-refractivity contribution in [2.45, 2.75) is 25.8 Å². The molecule has 0 unspecified atom stereocenters. The molecule has 1 saturated heterocycles. The minimum absolute atomic E-state index is 0.0380. The van der Waals surface area contributed by atoms with Crippen LogP contribution in [-0.2, 0) is 17.8 Å². The van der Waals surface area contributed by atoms with Crippen molar-refractivity contribution in [3.8, 4) is 11.4 Å². The average Bonchev–Trinajstić information content (AvgIpc) is 3.30. The van der Waals surface area contributed by atoms with Crippen LogP contribution in [0.2, 0.25) is 0 Å². The number of aryl methyl sites for hydroxylation is 1. The van der Waals surface area contributed by atoms with Crippen molar-refractivity contribution >= 4 is 5.91 Å². The van der Waals surface area contributed by atoms with E-state index in [1.165, 1.54) is 17.7 Å². The van der Waals surface area contributed by atoms with Gasteiger partial charge < -0.3 is 9.84 Å². The monoisotopic (exact) mass is 451 g/mol. The Morgan fingerprint density at radius 3 is 2.48 bits per heavy atom. The van der Waals surface area contributed by atoms with Crippen molar-refractivity contribution in [2.75, 3.05) is 39.3 Å². The molecule has 8 heteroatoms. The number of piperazine rings is 1. The summed E-state index contributed by atoms with van der Waals surface area (Å²) in [5.74, 6) is 0.642. The SMILES string of the molecule is O=C(CCCc1nc(-c2ccc(F)cc2)no1)NCCN1CCN(Cc2ccccc2)CC1. The number of rotatable bonds is 10. The van der Waals surface area contributed by atoms with Gasteiger partial charge in [0.15, 0.2) is 0 Å². The third kappa shape index (κ3) is 7.20. The number of halogens is 1. The first-order valence-electron chi connectivity index (χ1n) is 11.5. The lowest BCUT2D eigenvalue weighted by Crippen LogP contribution is -2.48.